The second-order valence-electron chi connectivity index (χ2n) is 7.43. The van der Waals surface area contributed by atoms with Gasteiger partial charge in [-0.15, -0.1) is 0 Å². The molecule has 0 aliphatic heterocycles. The number of nitrogens with zero attached hydrogens (tertiary/aromatic N) is 3. The summed E-state index contributed by atoms with van der Waals surface area (Å²) >= 11 is 0. The van der Waals surface area contributed by atoms with Crippen LogP contribution in [0.25, 0.3) is 16.9 Å². The third-order valence-corrected chi connectivity index (χ3v) is 4.90. The molecular formula is C26H24N4O2. The smallest absolute Gasteiger partial charge is 0.277 e. The molecule has 6 nitrogen and oxygen atoms in total. The zero-order chi connectivity index (χ0) is 22.3. The molecule has 0 saturated heterocycles. The summed E-state index contributed by atoms with van der Waals surface area (Å²) in [6, 6.07) is 25.5. The Morgan fingerprint density at radius 1 is 1.03 bits per heavy atom. The minimum Gasteiger partial charge on any atom is -0.483 e. The van der Waals surface area contributed by atoms with Gasteiger partial charge in [-0.1, -0.05) is 60.2 Å². The zero-order valence-electron chi connectivity index (χ0n) is 18.0. The van der Waals surface area contributed by atoms with Crippen LogP contribution in [0.3, 0.4) is 0 Å². The van der Waals surface area contributed by atoms with Crippen LogP contribution in [0.4, 0.5) is 0 Å². The van der Waals surface area contributed by atoms with E-state index in [1.807, 2.05) is 97.5 Å². The molecule has 32 heavy (non-hydrogen) atoms. The van der Waals surface area contributed by atoms with Crippen molar-refractivity contribution in [3.63, 3.8) is 0 Å². The molecule has 0 unspecified atom stereocenters. The van der Waals surface area contributed by atoms with Crippen LogP contribution in [-0.4, -0.2) is 28.5 Å². The fraction of sp³-hybridized carbons (Fsp3) is 0.115. The van der Waals surface area contributed by atoms with Crippen molar-refractivity contribution in [2.45, 2.75) is 13.8 Å². The zero-order valence-corrected chi connectivity index (χ0v) is 18.0. The first-order valence-electron chi connectivity index (χ1n) is 10.3. The number of ether oxygens (including phenoxy) is 1. The molecule has 0 saturated carbocycles. The van der Waals surface area contributed by atoms with Crippen molar-refractivity contribution in [2.24, 2.45) is 5.10 Å². The molecule has 0 fully saturated rings. The normalized spacial score (nSPS) is 10.9. The predicted molar refractivity (Wildman–Crippen MR) is 126 cm³/mol. The van der Waals surface area contributed by atoms with Crippen LogP contribution in [0.1, 0.15) is 16.7 Å². The van der Waals surface area contributed by atoms with Gasteiger partial charge in [0.25, 0.3) is 5.91 Å². The maximum absolute atomic E-state index is 12.2. The van der Waals surface area contributed by atoms with E-state index in [1.54, 1.807) is 6.21 Å². The van der Waals surface area contributed by atoms with Gasteiger partial charge in [-0.3, -0.25) is 4.79 Å². The molecule has 0 radical (unpaired) electrons. The number of amides is 1. The summed E-state index contributed by atoms with van der Waals surface area (Å²) in [5.74, 6) is 0.342. The SMILES string of the molecule is Cc1cccc(-c2nn(-c3ccccc3)cc2/C=N/NC(=O)COc2ccccc2C)c1. The van der Waals surface area contributed by atoms with E-state index in [-0.39, 0.29) is 12.5 Å². The third-order valence-electron chi connectivity index (χ3n) is 4.90. The molecule has 1 heterocycles. The molecular weight excluding hydrogens is 400 g/mol. The average molecular weight is 425 g/mol. The van der Waals surface area contributed by atoms with Crippen LogP contribution < -0.4 is 10.2 Å². The quantitative estimate of drug-likeness (QED) is 0.346. The summed E-state index contributed by atoms with van der Waals surface area (Å²) in [4.78, 5) is 12.2. The molecule has 0 aliphatic carbocycles. The first kappa shape index (κ1) is 21.1. The summed E-state index contributed by atoms with van der Waals surface area (Å²) in [7, 11) is 0. The first-order chi connectivity index (χ1) is 15.6. The lowest BCUT2D eigenvalue weighted by atomic mass is 10.1. The van der Waals surface area contributed by atoms with Crippen LogP contribution in [0.2, 0.25) is 0 Å². The minimum atomic E-state index is -0.336. The van der Waals surface area contributed by atoms with E-state index in [1.165, 1.54) is 0 Å². The molecule has 0 bridgehead atoms. The number of rotatable bonds is 7. The lowest BCUT2D eigenvalue weighted by Gasteiger charge is -2.07. The van der Waals surface area contributed by atoms with Crippen molar-refractivity contribution >= 4 is 12.1 Å². The lowest BCUT2D eigenvalue weighted by molar-refractivity contribution is -0.123. The van der Waals surface area contributed by atoms with Gasteiger partial charge in [0, 0.05) is 17.3 Å². The topological polar surface area (TPSA) is 68.5 Å². The highest BCUT2D eigenvalue weighted by Crippen LogP contribution is 2.23. The van der Waals surface area contributed by atoms with Gasteiger partial charge in [0.2, 0.25) is 0 Å². The number of carbonyl (C=O) groups is 1. The fourth-order valence-electron chi connectivity index (χ4n) is 3.28. The number of carbonyl (C=O) groups excluding carboxylic acids is 1. The summed E-state index contributed by atoms with van der Waals surface area (Å²) < 4.78 is 7.37. The molecule has 6 heteroatoms. The van der Waals surface area contributed by atoms with Gasteiger partial charge in [0.1, 0.15) is 11.4 Å². The molecule has 4 rings (SSSR count). The number of benzene rings is 3. The average Bonchev–Trinajstić information content (AvgIpc) is 3.23. The molecule has 3 aromatic carbocycles. The van der Waals surface area contributed by atoms with Crippen molar-refractivity contribution in [2.75, 3.05) is 6.61 Å². The summed E-state index contributed by atoms with van der Waals surface area (Å²) in [5.41, 5.74) is 8.14. The summed E-state index contributed by atoms with van der Waals surface area (Å²) in [6.07, 6.45) is 3.50. The van der Waals surface area contributed by atoms with Crippen LogP contribution >= 0.6 is 0 Å². The Morgan fingerprint density at radius 3 is 2.59 bits per heavy atom. The Balaban J connectivity index is 1.51. The van der Waals surface area contributed by atoms with Gasteiger partial charge in [-0.2, -0.15) is 10.2 Å². The molecule has 1 amide bonds. The van der Waals surface area contributed by atoms with E-state index in [2.05, 4.69) is 16.6 Å². The van der Waals surface area contributed by atoms with Crippen molar-refractivity contribution in [3.05, 3.63) is 102 Å². The highest BCUT2D eigenvalue weighted by atomic mass is 16.5. The van der Waals surface area contributed by atoms with E-state index < -0.39 is 0 Å². The Morgan fingerprint density at radius 2 is 1.81 bits per heavy atom. The largest absolute Gasteiger partial charge is 0.483 e. The lowest BCUT2D eigenvalue weighted by Crippen LogP contribution is -2.24. The van der Waals surface area contributed by atoms with Crippen LogP contribution in [0.5, 0.6) is 5.75 Å². The number of hydrogen-bond acceptors (Lipinski definition) is 4. The number of para-hydroxylation sites is 2. The van der Waals surface area contributed by atoms with E-state index in [0.29, 0.717) is 5.75 Å². The third kappa shape index (κ3) is 5.10. The number of aromatic nitrogens is 2. The van der Waals surface area contributed by atoms with Crippen LogP contribution in [-0.2, 0) is 4.79 Å². The van der Waals surface area contributed by atoms with Crippen molar-refractivity contribution < 1.29 is 9.53 Å². The summed E-state index contributed by atoms with van der Waals surface area (Å²) in [5, 5.41) is 8.90. The first-order valence-corrected chi connectivity index (χ1v) is 10.3. The van der Waals surface area contributed by atoms with E-state index in [4.69, 9.17) is 9.84 Å². The van der Waals surface area contributed by atoms with Gasteiger partial charge in [0.15, 0.2) is 6.61 Å². The maximum atomic E-state index is 12.2. The molecule has 1 N–H and O–H groups in total. The van der Waals surface area contributed by atoms with Gasteiger partial charge < -0.3 is 4.74 Å². The Kier molecular flexibility index (Phi) is 6.41. The highest BCUT2D eigenvalue weighted by Gasteiger charge is 2.11. The molecule has 0 spiro atoms. The van der Waals surface area contributed by atoms with Gasteiger partial charge in [-0.25, -0.2) is 10.1 Å². The summed E-state index contributed by atoms with van der Waals surface area (Å²) in [6.45, 7) is 3.86. The Bertz CT molecular complexity index is 1250. The second-order valence-corrected chi connectivity index (χ2v) is 7.43. The van der Waals surface area contributed by atoms with Gasteiger partial charge in [-0.05, 0) is 43.7 Å². The fourth-order valence-corrected chi connectivity index (χ4v) is 3.28. The highest BCUT2D eigenvalue weighted by molar-refractivity contribution is 5.89. The number of nitrogens with one attached hydrogen (secondary N) is 1. The molecule has 1 aromatic heterocycles. The van der Waals surface area contributed by atoms with Crippen LogP contribution in [0, 0.1) is 13.8 Å². The van der Waals surface area contributed by atoms with E-state index >= 15 is 0 Å². The Labute approximate surface area is 187 Å². The Hall–Kier alpha value is -4.19. The number of aryl methyl sites for hydroxylation is 2. The van der Waals surface area contributed by atoms with Crippen LogP contribution in [0.15, 0.2) is 90.2 Å². The predicted octanol–water partition coefficient (Wildman–Crippen LogP) is 4.69. The van der Waals surface area contributed by atoms with E-state index in [9.17, 15) is 4.79 Å². The maximum Gasteiger partial charge on any atom is 0.277 e. The molecule has 160 valence electrons. The van der Waals surface area contributed by atoms with Crippen molar-refractivity contribution in [3.8, 4) is 22.7 Å². The van der Waals surface area contributed by atoms with Gasteiger partial charge in [0.05, 0.1) is 11.9 Å². The van der Waals surface area contributed by atoms with Crippen molar-refractivity contribution in [1.82, 2.24) is 15.2 Å². The number of hydrogen-bond donors (Lipinski definition) is 1. The monoisotopic (exact) mass is 424 g/mol. The van der Waals surface area contributed by atoms with E-state index in [0.717, 1.165) is 33.6 Å². The molecule has 4 aromatic rings. The van der Waals surface area contributed by atoms with Crippen molar-refractivity contribution in [1.29, 1.82) is 0 Å². The number of hydrazone groups is 1. The standard InChI is InChI=1S/C26H24N4O2/c1-19-9-8-11-21(15-19)26-22(17-30(29-26)23-12-4-3-5-13-23)16-27-28-25(31)18-32-24-14-7-6-10-20(24)2/h3-17H,18H2,1-2H3,(H,28,31)/b27-16+. The molecule has 0 aliphatic rings. The minimum absolute atomic E-state index is 0.115. The van der Waals surface area contributed by atoms with Gasteiger partial charge >= 0.3 is 0 Å². The molecule has 0 atom stereocenters. The second kappa shape index (κ2) is 9.75.